The van der Waals surface area contributed by atoms with Crippen LogP contribution in [0.4, 0.5) is 5.69 Å². The summed E-state index contributed by atoms with van der Waals surface area (Å²) in [4.78, 5) is 12.8. The van der Waals surface area contributed by atoms with Crippen LogP contribution in [0.2, 0.25) is 5.02 Å². The van der Waals surface area contributed by atoms with Crippen molar-refractivity contribution in [2.24, 2.45) is 5.92 Å². The summed E-state index contributed by atoms with van der Waals surface area (Å²) in [5, 5.41) is 11.4. The van der Waals surface area contributed by atoms with E-state index < -0.39 is 0 Å². The van der Waals surface area contributed by atoms with Crippen LogP contribution in [0.25, 0.3) is 0 Å². The minimum Gasteiger partial charge on any atom is -0.296 e. The monoisotopic (exact) mass is 282 g/mol. The zero-order chi connectivity index (χ0) is 14.0. The largest absolute Gasteiger partial charge is 0.296 e. The van der Waals surface area contributed by atoms with Gasteiger partial charge in [0.05, 0.1) is 4.92 Å². The zero-order valence-corrected chi connectivity index (χ0v) is 12.1. The summed E-state index contributed by atoms with van der Waals surface area (Å²) in [6.07, 6.45) is 2.42. The highest BCUT2D eigenvalue weighted by Gasteiger charge is 2.24. The van der Waals surface area contributed by atoms with Crippen molar-refractivity contribution in [1.29, 1.82) is 0 Å². The smallest absolute Gasteiger partial charge is 0.269 e. The second-order valence-electron chi connectivity index (χ2n) is 5.49. The molecular weight excluding hydrogens is 264 g/mol. The van der Waals surface area contributed by atoms with E-state index >= 15 is 0 Å². The SMILES string of the molecule is CC1CCC(C)N(Cc2cc([N+](=O)[O-])ccc2Cl)C1. The van der Waals surface area contributed by atoms with Crippen LogP contribution in [0, 0.1) is 16.0 Å². The first-order valence-corrected chi connectivity index (χ1v) is 7.02. The topological polar surface area (TPSA) is 46.4 Å². The molecule has 1 aliphatic rings. The lowest BCUT2D eigenvalue weighted by molar-refractivity contribution is -0.384. The Kier molecular flexibility index (Phi) is 4.42. The van der Waals surface area contributed by atoms with Gasteiger partial charge in [-0.3, -0.25) is 15.0 Å². The molecule has 1 fully saturated rings. The summed E-state index contributed by atoms with van der Waals surface area (Å²) in [6, 6.07) is 5.17. The van der Waals surface area contributed by atoms with Crippen LogP contribution >= 0.6 is 11.6 Å². The summed E-state index contributed by atoms with van der Waals surface area (Å²) in [5.41, 5.74) is 0.953. The highest BCUT2D eigenvalue weighted by atomic mass is 35.5. The number of benzene rings is 1. The first-order chi connectivity index (χ1) is 8.97. The molecule has 2 atom stereocenters. The van der Waals surface area contributed by atoms with E-state index in [1.165, 1.54) is 18.9 Å². The Morgan fingerprint density at radius 2 is 2.16 bits per heavy atom. The number of non-ortho nitro benzene ring substituents is 1. The van der Waals surface area contributed by atoms with E-state index in [1.807, 2.05) is 0 Å². The van der Waals surface area contributed by atoms with Crippen LogP contribution in [0.3, 0.4) is 0 Å². The van der Waals surface area contributed by atoms with Crippen LogP contribution < -0.4 is 0 Å². The molecule has 1 saturated heterocycles. The van der Waals surface area contributed by atoms with Gasteiger partial charge in [0.1, 0.15) is 0 Å². The van der Waals surface area contributed by atoms with Gasteiger partial charge in [-0.1, -0.05) is 18.5 Å². The molecule has 19 heavy (non-hydrogen) atoms. The van der Waals surface area contributed by atoms with Gasteiger partial charge in [-0.25, -0.2) is 0 Å². The highest BCUT2D eigenvalue weighted by Crippen LogP contribution is 2.27. The fourth-order valence-electron chi connectivity index (χ4n) is 2.61. The molecule has 0 saturated carbocycles. The van der Waals surface area contributed by atoms with E-state index in [1.54, 1.807) is 12.1 Å². The summed E-state index contributed by atoms with van der Waals surface area (Å²) in [5.74, 6) is 0.675. The standard InChI is InChI=1S/C14H19ClN2O2/c1-10-3-4-11(2)16(8-10)9-12-7-13(17(18)19)5-6-14(12)15/h5-7,10-11H,3-4,8-9H2,1-2H3. The lowest BCUT2D eigenvalue weighted by atomic mass is 9.94. The fourth-order valence-corrected chi connectivity index (χ4v) is 2.79. The molecule has 1 aliphatic heterocycles. The Labute approximate surface area is 118 Å². The highest BCUT2D eigenvalue weighted by molar-refractivity contribution is 6.31. The molecule has 0 aliphatic carbocycles. The van der Waals surface area contributed by atoms with Crippen molar-refractivity contribution in [2.75, 3.05) is 6.54 Å². The van der Waals surface area contributed by atoms with Crippen LogP contribution in [0.5, 0.6) is 0 Å². The molecule has 0 N–H and O–H groups in total. The average Bonchev–Trinajstić information content (AvgIpc) is 2.36. The Morgan fingerprint density at radius 1 is 1.42 bits per heavy atom. The number of nitro benzene ring substituents is 1. The van der Waals surface area contributed by atoms with E-state index in [4.69, 9.17) is 11.6 Å². The number of rotatable bonds is 3. The Hall–Kier alpha value is -1.13. The molecule has 4 nitrogen and oxygen atoms in total. The van der Waals surface area contributed by atoms with E-state index in [0.29, 0.717) is 23.5 Å². The molecule has 1 aromatic rings. The number of halogens is 1. The Balaban J connectivity index is 2.17. The molecule has 1 heterocycles. The molecule has 5 heteroatoms. The van der Waals surface area contributed by atoms with Crippen molar-refractivity contribution in [2.45, 2.75) is 39.3 Å². The van der Waals surface area contributed by atoms with E-state index in [-0.39, 0.29) is 10.6 Å². The molecule has 2 unspecified atom stereocenters. The summed E-state index contributed by atoms with van der Waals surface area (Å²) in [6.45, 7) is 6.16. The van der Waals surface area contributed by atoms with E-state index in [2.05, 4.69) is 18.7 Å². The number of nitro groups is 1. The van der Waals surface area contributed by atoms with Gasteiger partial charge in [0.2, 0.25) is 0 Å². The van der Waals surface area contributed by atoms with Crippen molar-refractivity contribution in [3.8, 4) is 0 Å². The van der Waals surface area contributed by atoms with Crippen molar-refractivity contribution in [1.82, 2.24) is 4.90 Å². The van der Waals surface area contributed by atoms with Crippen molar-refractivity contribution in [3.05, 3.63) is 38.9 Å². The number of likely N-dealkylation sites (tertiary alicyclic amines) is 1. The van der Waals surface area contributed by atoms with Crippen LogP contribution in [0.15, 0.2) is 18.2 Å². The number of piperidine rings is 1. The maximum Gasteiger partial charge on any atom is 0.269 e. The first-order valence-electron chi connectivity index (χ1n) is 6.64. The molecule has 104 valence electrons. The quantitative estimate of drug-likeness (QED) is 0.624. The molecule has 0 amide bonds. The molecule has 0 aromatic heterocycles. The van der Waals surface area contributed by atoms with Gasteiger partial charge >= 0.3 is 0 Å². The second-order valence-corrected chi connectivity index (χ2v) is 5.90. The Bertz CT molecular complexity index is 479. The number of hydrogen-bond donors (Lipinski definition) is 0. The van der Waals surface area contributed by atoms with Gasteiger partial charge < -0.3 is 0 Å². The van der Waals surface area contributed by atoms with Crippen molar-refractivity contribution < 1.29 is 4.92 Å². The van der Waals surface area contributed by atoms with E-state index in [9.17, 15) is 10.1 Å². The third-order valence-corrected chi connectivity index (χ3v) is 4.23. The van der Waals surface area contributed by atoms with Crippen LogP contribution in [-0.2, 0) is 6.54 Å². The molecule has 0 spiro atoms. The first kappa shape index (κ1) is 14.3. The fraction of sp³-hybridized carbons (Fsp3) is 0.571. The van der Waals surface area contributed by atoms with Gasteiger partial charge in [-0.05, 0) is 37.3 Å². The molecule has 0 radical (unpaired) electrons. The summed E-state index contributed by atoms with van der Waals surface area (Å²) >= 11 is 6.15. The molecular formula is C14H19ClN2O2. The lowest BCUT2D eigenvalue weighted by Crippen LogP contribution is -2.40. The maximum absolute atomic E-state index is 10.8. The third-order valence-electron chi connectivity index (χ3n) is 3.86. The Morgan fingerprint density at radius 3 is 2.84 bits per heavy atom. The van der Waals surface area contributed by atoms with Gasteiger partial charge in [0.25, 0.3) is 5.69 Å². The lowest BCUT2D eigenvalue weighted by Gasteiger charge is -2.36. The predicted molar refractivity (Wildman–Crippen MR) is 76.4 cm³/mol. The number of nitrogens with zero attached hydrogens (tertiary/aromatic N) is 2. The number of hydrogen-bond acceptors (Lipinski definition) is 3. The second kappa shape index (κ2) is 5.88. The predicted octanol–water partition coefficient (Wildman–Crippen LogP) is 3.87. The van der Waals surface area contributed by atoms with Gasteiger partial charge in [-0.15, -0.1) is 0 Å². The van der Waals surface area contributed by atoms with Crippen LogP contribution in [-0.4, -0.2) is 22.4 Å². The molecule has 1 aromatic carbocycles. The zero-order valence-electron chi connectivity index (χ0n) is 11.3. The minimum atomic E-state index is -0.373. The third kappa shape index (κ3) is 3.45. The average molecular weight is 283 g/mol. The van der Waals surface area contributed by atoms with Crippen LogP contribution in [0.1, 0.15) is 32.3 Å². The minimum absolute atomic E-state index is 0.108. The van der Waals surface area contributed by atoms with Gasteiger partial charge in [0, 0.05) is 36.3 Å². The summed E-state index contributed by atoms with van der Waals surface area (Å²) < 4.78 is 0. The van der Waals surface area contributed by atoms with E-state index in [0.717, 1.165) is 12.1 Å². The molecule has 2 rings (SSSR count). The maximum atomic E-state index is 10.8. The molecule has 0 bridgehead atoms. The normalized spacial score (nSPS) is 24.4. The van der Waals surface area contributed by atoms with Gasteiger partial charge in [-0.2, -0.15) is 0 Å². The summed E-state index contributed by atoms with van der Waals surface area (Å²) in [7, 11) is 0. The van der Waals surface area contributed by atoms with Gasteiger partial charge in [0.15, 0.2) is 0 Å². The van der Waals surface area contributed by atoms with Crippen molar-refractivity contribution in [3.63, 3.8) is 0 Å². The van der Waals surface area contributed by atoms with Crippen molar-refractivity contribution >= 4 is 17.3 Å².